The van der Waals surface area contributed by atoms with Crippen LogP contribution in [0.4, 0.5) is 0 Å². The Morgan fingerprint density at radius 2 is 0.848 bits per heavy atom. The Bertz CT molecular complexity index is 964. The fraction of sp³-hybridized carbons (Fsp3) is 0.711. The quantitative estimate of drug-likeness (QED) is 0.119. The smallest absolute Gasteiger partial charge is 0.132 e. The van der Waals surface area contributed by atoms with E-state index in [1.165, 1.54) is 152 Å². The molecule has 0 aliphatic heterocycles. The summed E-state index contributed by atoms with van der Waals surface area (Å²) in [6.07, 6.45) is 33.4. The van der Waals surface area contributed by atoms with Gasteiger partial charge in [0.25, 0.3) is 0 Å². The van der Waals surface area contributed by atoms with Gasteiger partial charge < -0.3 is 0 Å². The summed E-state index contributed by atoms with van der Waals surface area (Å²) in [6, 6.07) is 19.2. The highest BCUT2D eigenvalue weighted by Crippen LogP contribution is 2.39. The molecule has 0 aromatic heterocycles. The van der Waals surface area contributed by atoms with Gasteiger partial charge in [-0.3, -0.25) is 4.79 Å². The van der Waals surface area contributed by atoms with E-state index in [0.29, 0.717) is 5.78 Å². The van der Waals surface area contributed by atoms with Crippen LogP contribution in [0.2, 0.25) is 0 Å². The molecule has 0 N–H and O–H groups in total. The maximum absolute atomic E-state index is 12.4. The molecule has 2 aromatic carbocycles. The molecule has 0 saturated heterocycles. The highest BCUT2D eigenvalue weighted by atomic mass is 16.1. The van der Waals surface area contributed by atoms with Crippen LogP contribution < -0.4 is 0 Å². The molecule has 0 atom stereocenters. The second-order valence-corrected chi connectivity index (χ2v) is 15.6. The molecule has 256 valence electrons. The number of aryl methyl sites for hydroxylation is 2. The average Bonchev–Trinajstić information content (AvgIpc) is 3.10. The van der Waals surface area contributed by atoms with Gasteiger partial charge in [-0.05, 0) is 136 Å². The number of unbranched alkanes of at least 4 members (excludes halogenated alkanes) is 8. The number of ketones is 1. The minimum atomic E-state index is 0.522. The summed E-state index contributed by atoms with van der Waals surface area (Å²) >= 11 is 0. The monoisotopic (exact) mass is 627 g/mol. The zero-order chi connectivity index (χ0) is 32.2. The first-order chi connectivity index (χ1) is 22.6. The van der Waals surface area contributed by atoms with Crippen molar-refractivity contribution in [2.45, 2.75) is 193 Å². The fourth-order valence-electron chi connectivity index (χ4n) is 8.59. The number of carbonyl (C=O) groups excluding carboxylic acids is 1. The van der Waals surface area contributed by atoms with Crippen LogP contribution in [0.15, 0.2) is 48.5 Å². The van der Waals surface area contributed by atoms with E-state index in [2.05, 4.69) is 62.4 Å². The standard InChI is InChI=1S/C45H70O/c1-3-5-15-37-21-29-41(30-22-37)43-33-25-39(26-34-43)17-11-7-9-13-19-45(46)20-14-10-8-12-18-40-27-35-44(36-28-40)42-31-23-38(24-32-42)16-6-4-2/h21-24,29-32,39-40,43-44H,3-20,25-28,33-36H2,1-2H3. The first-order valence-corrected chi connectivity index (χ1v) is 20.3. The third-order valence-corrected chi connectivity index (χ3v) is 11.9. The maximum Gasteiger partial charge on any atom is 0.132 e. The van der Waals surface area contributed by atoms with E-state index in [1.54, 1.807) is 11.1 Å². The molecular formula is C45H70O. The van der Waals surface area contributed by atoms with Crippen molar-refractivity contribution in [1.29, 1.82) is 0 Å². The molecule has 2 saturated carbocycles. The summed E-state index contributed by atoms with van der Waals surface area (Å²) in [7, 11) is 0. The molecule has 1 nitrogen and oxygen atoms in total. The first kappa shape index (κ1) is 36.9. The van der Waals surface area contributed by atoms with Gasteiger partial charge >= 0.3 is 0 Å². The summed E-state index contributed by atoms with van der Waals surface area (Å²) in [4.78, 5) is 12.4. The molecular weight excluding hydrogens is 556 g/mol. The molecule has 2 aliphatic carbocycles. The van der Waals surface area contributed by atoms with Crippen LogP contribution in [0.5, 0.6) is 0 Å². The van der Waals surface area contributed by atoms with Crippen LogP contribution in [0.25, 0.3) is 0 Å². The number of hydrogen-bond donors (Lipinski definition) is 0. The van der Waals surface area contributed by atoms with E-state index in [9.17, 15) is 4.79 Å². The Labute approximate surface area is 285 Å². The third-order valence-electron chi connectivity index (χ3n) is 11.9. The molecule has 0 heterocycles. The Balaban J connectivity index is 0.927. The van der Waals surface area contributed by atoms with E-state index in [-0.39, 0.29) is 0 Å². The number of benzene rings is 2. The van der Waals surface area contributed by atoms with Gasteiger partial charge in [0, 0.05) is 12.8 Å². The van der Waals surface area contributed by atoms with Gasteiger partial charge in [-0.1, -0.05) is 127 Å². The predicted octanol–water partition coefficient (Wildman–Crippen LogP) is 13.9. The van der Waals surface area contributed by atoms with E-state index in [0.717, 1.165) is 49.4 Å². The molecule has 0 amide bonds. The molecule has 4 rings (SSSR count). The van der Waals surface area contributed by atoms with Crippen molar-refractivity contribution in [1.82, 2.24) is 0 Å². The summed E-state index contributed by atoms with van der Waals surface area (Å²) in [5.74, 6) is 3.98. The zero-order valence-corrected chi connectivity index (χ0v) is 30.2. The molecule has 2 aromatic rings. The number of carbonyl (C=O) groups is 1. The molecule has 0 spiro atoms. The van der Waals surface area contributed by atoms with Crippen molar-refractivity contribution >= 4 is 5.78 Å². The second-order valence-electron chi connectivity index (χ2n) is 15.6. The Kier molecular flexibility index (Phi) is 17.6. The molecule has 2 fully saturated rings. The van der Waals surface area contributed by atoms with Gasteiger partial charge in [0.05, 0.1) is 0 Å². The van der Waals surface area contributed by atoms with Crippen molar-refractivity contribution in [3.8, 4) is 0 Å². The van der Waals surface area contributed by atoms with E-state index in [4.69, 9.17) is 0 Å². The van der Waals surface area contributed by atoms with Crippen molar-refractivity contribution in [2.24, 2.45) is 11.8 Å². The summed E-state index contributed by atoms with van der Waals surface area (Å²) in [5.41, 5.74) is 6.18. The Hall–Kier alpha value is -1.89. The summed E-state index contributed by atoms with van der Waals surface area (Å²) in [5, 5.41) is 0. The Morgan fingerprint density at radius 1 is 0.478 bits per heavy atom. The van der Waals surface area contributed by atoms with Gasteiger partial charge in [-0.2, -0.15) is 0 Å². The minimum Gasteiger partial charge on any atom is -0.300 e. The van der Waals surface area contributed by atoms with Crippen LogP contribution in [-0.2, 0) is 17.6 Å². The summed E-state index contributed by atoms with van der Waals surface area (Å²) < 4.78 is 0. The first-order valence-electron chi connectivity index (χ1n) is 20.3. The van der Waals surface area contributed by atoms with E-state index < -0.39 is 0 Å². The van der Waals surface area contributed by atoms with E-state index >= 15 is 0 Å². The number of hydrogen-bond acceptors (Lipinski definition) is 1. The minimum absolute atomic E-state index is 0.522. The fourth-order valence-corrected chi connectivity index (χ4v) is 8.59. The second kappa shape index (κ2) is 21.9. The van der Waals surface area contributed by atoms with Crippen LogP contribution in [0.3, 0.4) is 0 Å². The molecule has 0 bridgehead atoms. The van der Waals surface area contributed by atoms with E-state index in [1.807, 2.05) is 0 Å². The van der Waals surface area contributed by atoms with Gasteiger partial charge in [-0.15, -0.1) is 0 Å². The normalized spacial score (nSPS) is 21.8. The lowest BCUT2D eigenvalue weighted by atomic mass is 9.77. The van der Waals surface area contributed by atoms with Crippen molar-refractivity contribution in [2.75, 3.05) is 0 Å². The maximum atomic E-state index is 12.4. The van der Waals surface area contributed by atoms with Crippen LogP contribution in [0.1, 0.15) is 202 Å². The molecule has 1 heteroatoms. The largest absolute Gasteiger partial charge is 0.300 e. The Morgan fingerprint density at radius 3 is 1.22 bits per heavy atom. The lowest BCUT2D eigenvalue weighted by molar-refractivity contribution is -0.119. The molecule has 46 heavy (non-hydrogen) atoms. The number of rotatable bonds is 22. The summed E-state index contributed by atoms with van der Waals surface area (Å²) in [6.45, 7) is 4.55. The van der Waals surface area contributed by atoms with Gasteiger partial charge in [-0.25, -0.2) is 0 Å². The highest BCUT2D eigenvalue weighted by molar-refractivity contribution is 5.78. The lowest BCUT2D eigenvalue weighted by Gasteiger charge is -2.29. The van der Waals surface area contributed by atoms with Crippen molar-refractivity contribution in [3.05, 3.63) is 70.8 Å². The van der Waals surface area contributed by atoms with Crippen molar-refractivity contribution in [3.63, 3.8) is 0 Å². The topological polar surface area (TPSA) is 17.1 Å². The average molecular weight is 627 g/mol. The molecule has 0 radical (unpaired) electrons. The van der Waals surface area contributed by atoms with Gasteiger partial charge in [0.2, 0.25) is 0 Å². The van der Waals surface area contributed by atoms with Crippen LogP contribution in [0, 0.1) is 11.8 Å². The van der Waals surface area contributed by atoms with Crippen molar-refractivity contribution < 1.29 is 4.79 Å². The lowest BCUT2D eigenvalue weighted by Crippen LogP contribution is -2.13. The third kappa shape index (κ3) is 13.7. The SMILES string of the molecule is CCCCc1ccc(C2CCC(CCCCCCC(=O)CCCCCCC3CCC(c4ccc(CCCC)cc4)CC3)CC2)cc1. The molecule has 2 aliphatic rings. The highest BCUT2D eigenvalue weighted by Gasteiger charge is 2.23. The molecule has 0 unspecified atom stereocenters. The van der Waals surface area contributed by atoms with Crippen LogP contribution >= 0.6 is 0 Å². The number of Topliss-reactive ketones (excluding diaryl/α,β-unsaturated/α-hetero) is 1. The van der Waals surface area contributed by atoms with Crippen LogP contribution in [-0.4, -0.2) is 5.78 Å². The van der Waals surface area contributed by atoms with Gasteiger partial charge in [0.1, 0.15) is 5.78 Å². The van der Waals surface area contributed by atoms with Gasteiger partial charge in [0.15, 0.2) is 0 Å². The zero-order valence-electron chi connectivity index (χ0n) is 30.2. The predicted molar refractivity (Wildman–Crippen MR) is 200 cm³/mol.